The molecule has 0 N–H and O–H groups in total. The Hall–Kier alpha value is -8.04. The number of thiophene rings is 1. The Labute approximate surface area is 396 Å². The van der Waals surface area contributed by atoms with Crippen LogP contribution < -0.4 is 4.90 Å². The molecular weight excluding hydrogens is 827 g/mol. The SMILES string of the molecule is C/C=C\C=C(/C)C1(c2ccccc2)c2ccccc2-c2ccc(N(c3ccc(-c4cccc(-c5cccc6ccccc56)c4)cc3)c3ccc(-c4ccc5c(c4)sc4ccccc45)cc3)cc21. The first-order valence-corrected chi connectivity index (χ1v) is 24.0. The number of hydrogen-bond donors (Lipinski definition) is 0. The molecule has 1 unspecified atom stereocenters. The van der Waals surface area contributed by atoms with Crippen molar-refractivity contribution in [2.75, 3.05) is 4.90 Å². The molecule has 0 fully saturated rings. The Bertz CT molecular complexity index is 3700. The molecule has 12 rings (SSSR count). The maximum Gasteiger partial charge on any atom is 0.0674 e. The number of anilines is 3. The molecule has 1 nitrogen and oxygen atoms in total. The normalized spacial score (nSPS) is 14.5. The summed E-state index contributed by atoms with van der Waals surface area (Å²) < 4.78 is 2.64. The lowest BCUT2D eigenvalue weighted by Crippen LogP contribution is -2.28. The van der Waals surface area contributed by atoms with Crippen molar-refractivity contribution in [2.24, 2.45) is 0 Å². The molecular formula is C65H47NS. The molecule has 1 heterocycles. The molecule has 67 heavy (non-hydrogen) atoms. The molecule has 0 bridgehead atoms. The second kappa shape index (κ2) is 16.7. The Morgan fingerprint density at radius 3 is 1.79 bits per heavy atom. The summed E-state index contributed by atoms with van der Waals surface area (Å²) in [6.07, 6.45) is 6.60. The number of benzene rings is 10. The number of hydrogen-bond acceptors (Lipinski definition) is 2. The van der Waals surface area contributed by atoms with Gasteiger partial charge in [0.25, 0.3) is 0 Å². The summed E-state index contributed by atoms with van der Waals surface area (Å²) in [7, 11) is 0. The zero-order chi connectivity index (χ0) is 44.9. The van der Waals surface area contributed by atoms with Gasteiger partial charge in [0.05, 0.1) is 5.41 Å². The molecule has 2 heteroatoms. The third-order valence-electron chi connectivity index (χ3n) is 13.9. The van der Waals surface area contributed by atoms with Gasteiger partial charge >= 0.3 is 0 Å². The van der Waals surface area contributed by atoms with Gasteiger partial charge in [0.1, 0.15) is 0 Å². The van der Waals surface area contributed by atoms with Crippen LogP contribution in [0, 0.1) is 0 Å². The van der Waals surface area contributed by atoms with Crippen LogP contribution in [0.15, 0.2) is 254 Å². The van der Waals surface area contributed by atoms with E-state index in [1.165, 1.54) is 97.7 Å². The van der Waals surface area contributed by atoms with Gasteiger partial charge in [0.15, 0.2) is 0 Å². The van der Waals surface area contributed by atoms with Crippen LogP contribution in [0.2, 0.25) is 0 Å². The highest BCUT2D eigenvalue weighted by Crippen LogP contribution is 2.57. The fourth-order valence-electron chi connectivity index (χ4n) is 10.7. The van der Waals surface area contributed by atoms with Crippen LogP contribution >= 0.6 is 11.3 Å². The maximum absolute atomic E-state index is 2.46. The molecule has 0 saturated heterocycles. The van der Waals surface area contributed by atoms with Gasteiger partial charge in [-0.2, -0.15) is 0 Å². The zero-order valence-electron chi connectivity index (χ0n) is 37.5. The van der Waals surface area contributed by atoms with Crippen molar-refractivity contribution in [1.29, 1.82) is 0 Å². The summed E-state index contributed by atoms with van der Waals surface area (Å²) in [5.74, 6) is 0. The molecule has 0 amide bonds. The van der Waals surface area contributed by atoms with E-state index < -0.39 is 5.41 Å². The number of fused-ring (bicyclic) bond motifs is 7. The van der Waals surface area contributed by atoms with Gasteiger partial charge in [-0.1, -0.05) is 200 Å². The molecule has 0 saturated carbocycles. The maximum atomic E-state index is 2.46. The summed E-state index contributed by atoms with van der Waals surface area (Å²) in [5.41, 5.74) is 17.7. The van der Waals surface area contributed by atoms with Gasteiger partial charge in [-0.15, -0.1) is 11.3 Å². The van der Waals surface area contributed by atoms with Crippen LogP contribution in [0.1, 0.15) is 30.5 Å². The van der Waals surface area contributed by atoms with Crippen molar-refractivity contribution < 1.29 is 0 Å². The van der Waals surface area contributed by atoms with Crippen molar-refractivity contribution in [3.05, 3.63) is 271 Å². The largest absolute Gasteiger partial charge is 0.310 e. The molecule has 0 spiro atoms. The van der Waals surface area contributed by atoms with Crippen molar-refractivity contribution in [3.8, 4) is 44.5 Å². The van der Waals surface area contributed by atoms with E-state index in [4.69, 9.17) is 0 Å². The zero-order valence-corrected chi connectivity index (χ0v) is 38.3. The summed E-state index contributed by atoms with van der Waals surface area (Å²) in [4.78, 5) is 2.43. The number of nitrogens with zero attached hydrogens (tertiary/aromatic N) is 1. The van der Waals surface area contributed by atoms with Gasteiger partial charge in [-0.3, -0.25) is 0 Å². The van der Waals surface area contributed by atoms with Crippen molar-refractivity contribution in [2.45, 2.75) is 19.3 Å². The molecule has 11 aromatic rings. The average molecular weight is 874 g/mol. The fourth-order valence-corrected chi connectivity index (χ4v) is 11.9. The molecule has 1 aliphatic carbocycles. The Morgan fingerprint density at radius 1 is 0.418 bits per heavy atom. The third-order valence-corrected chi connectivity index (χ3v) is 15.0. The second-order valence-electron chi connectivity index (χ2n) is 17.6. The van der Waals surface area contributed by atoms with Gasteiger partial charge < -0.3 is 4.90 Å². The average Bonchev–Trinajstić information content (AvgIpc) is 3.92. The number of allylic oxidation sites excluding steroid dienone is 4. The Kier molecular flexibility index (Phi) is 10.1. The van der Waals surface area contributed by atoms with Crippen LogP contribution in [0.25, 0.3) is 75.5 Å². The van der Waals surface area contributed by atoms with E-state index in [0.717, 1.165) is 17.1 Å². The standard InChI is InChI=1S/C65H47NS/c1-3-4-16-44(2)65(51-21-6-5-7-22-51)61-27-12-10-24-57(61)58-40-38-54(43-62(58)65)66(53-36-31-46(32-37-53)49-33-39-60-59-25-11-13-28-63(59)67-64(60)42-49)52-34-29-45(30-35-52)48-19-14-20-50(41-48)56-26-15-18-47-17-8-9-23-55(47)56/h3-43H,1-2H3/b4-3-,44-16+. The van der Waals surface area contributed by atoms with E-state index in [9.17, 15) is 0 Å². The summed E-state index contributed by atoms with van der Waals surface area (Å²) in [6, 6.07) is 85.3. The molecule has 1 aromatic heterocycles. The minimum atomic E-state index is -0.484. The minimum absolute atomic E-state index is 0.484. The van der Waals surface area contributed by atoms with Crippen molar-refractivity contribution in [1.82, 2.24) is 0 Å². The van der Waals surface area contributed by atoms with Crippen LogP contribution in [-0.2, 0) is 5.41 Å². The Balaban J connectivity index is 0.995. The van der Waals surface area contributed by atoms with Gasteiger partial charge in [-0.25, -0.2) is 0 Å². The molecule has 318 valence electrons. The highest BCUT2D eigenvalue weighted by atomic mass is 32.1. The van der Waals surface area contributed by atoms with Crippen molar-refractivity contribution in [3.63, 3.8) is 0 Å². The van der Waals surface area contributed by atoms with E-state index >= 15 is 0 Å². The second-order valence-corrected chi connectivity index (χ2v) is 18.7. The monoisotopic (exact) mass is 873 g/mol. The van der Waals surface area contributed by atoms with E-state index in [1.807, 2.05) is 11.3 Å². The van der Waals surface area contributed by atoms with Crippen molar-refractivity contribution >= 4 is 59.3 Å². The van der Waals surface area contributed by atoms with E-state index in [1.54, 1.807) is 0 Å². The predicted octanol–water partition coefficient (Wildman–Crippen LogP) is 18.5. The fraction of sp³-hybridized carbons (Fsp3) is 0.0462. The molecule has 1 aliphatic rings. The number of rotatable bonds is 9. The summed E-state index contributed by atoms with van der Waals surface area (Å²) >= 11 is 1.87. The molecule has 1 atom stereocenters. The first-order valence-electron chi connectivity index (χ1n) is 23.2. The minimum Gasteiger partial charge on any atom is -0.310 e. The summed E-state index contributed by atoms with van der Waals surface area (Å²) in [5, 5.41) is 5.16. The predicted molar refractivity (Wildman–Crippen MR) is 288 cm³/mol. The lowest BCUT2D eigenvalue weighted by atomic mass is 9.67. The van der Waals surface area contributed by atoms with Crippen LogP contribution in [0.4, 0.5) is 17.1 Å². The topological polar surface area (TPSA) is 3.24 Å². The van der Waals surface area contributed by atoms with E-state index in [0.29, 0.717) is 0 Å². The van der Waals surface area contributed by atoms with Crippen LogP contribution in [0.3, 0.4) is 0 Å². The van der Waals surface area contributed by atoms with Gasteiger partial charge in [0.2, 0.25) is 0 Å². The smallest absolute Gasteiger partial charge is 0.0674 e. The Morgan fingerprint density at radius 2 is 1.00 bits per heavy atom. The lowest BCUT2D eigenvalue weighted by Gasteiger charge is -2.35. The van der Waals surface area contributed by atoms with Crippen LogP contribution in [0.5, 0.6) is 0 Å². The van der Waals surface area contributed by atoms with E-state index in [-0.39, 0.29) is 0 Å². The molecule has 10 aromatic carbocycles. The lowest BCUT2D eigenvalue weighted by molar-refractivity contribution is 0.746. The molecule has 0 aliphatic heterocycles. The van der Waals surface area contributed by atoms with Crippen LogP contribution in [-0.4, -0.2) is 0 Å². The first kappa shape index (κ1) is 40.5. The van der Waals surface area contributed by atoms with E-state index in [2.05, 4.69) is 267 Å². The quantitative estimate of drug-likeness (QED) is 0.131. The first-order chi connectivity index (χ1) is 33.1. The summed E-state index contributed by atoms with van der Waals surface area (Å²) in [6.45, 7) is 4.39. The van der Waals surface area contributed by atoms with Gasteiger partial charge in [-0.05, 0) is 140 Å². The highest BCUT2D eigenvalue weighted by molar-refractivity contribution is 7.25. The van der Waals surface area contributed by atoms with Gasteiger partial charge in [0, 0.05) is 37.2 Å². The molecule has 0 radical (unpaired) electrons. The third kappa shape index (κ3) is 6.83. The highest BCUT2D eigenvalue weighted by Gasteiger charge is 2.46.